The van der Waals surface area contributed by atoms with Gasteiger partial charge < -0.3 is 9.22 Å². The van der Waals surface area contributed by atoms with Gasteiger partial charge in [0.25, 0.3) is 0 Å². The van der Waals surface area contributed by atoms with Gasteiger partial charge in [-0.05, 0) is 39.3 Å². The standard InChI is InChI=1S/C15H16BN3OS/c1-8-6-13(19(5)9(8)2)12(7-17)15(20-16)14-10(3)21-11(4)18-14/h6H,1-5H3. The zero-order valence-electron chi connectivity index (χ0n) is 12.8. The summed E-state index contributed by atoms with van der Waals surface area (Å²) in [5.74, 6) is 0.319. The second kappa shape index (κ2) is 5.78. The first-order valence-corrected chi connectivity index (χ1v) is 7.31. The SMILES string of the molecule is [B]OC(=C(C#N)c1cc(C)c(C)n1C)c1nc(C)sc1C. The van der Waals surface area contributed by atoms with Gasteiger partial charge in [-0.3, -0.25) is 0 Å². The maximum atomic E-state index is 9.58. The lowest BCUT2D eigenvalue weighted by molar-refractivity contribution is 0.570. The molecule has 0 saturated heterocycles. The molecule has 0 bridgehead atoms. The van der Waals surface area contributed by atoms with E-state index in [-0.39, 0.29) is 0 Å². The number of nitrogens with zero attached hydrogens (tertiary/aromatic N) is 3. The minimum absolute atomic E-state index is 0.319. The van der Waals surface area contributed by atoms with Crippen molar-refractivity contribution >= 4 is 30.7 Å². The predicted octanol–water partition coefficient (Wildman–Crippen LogP) is 3.21. The van der Waals surface area contributed by atoms with Gasteiger partial charge in [0.15, 0.2) is 0 Å². The highest BCUT2D eigenvalue weighted by Gasteiger charge is 2.20. The Balaban J connectivity index is 2.73. The van der Waals surface area contributed by atoms with E-state index in [9.17, 15) is 5.26 Å². The Kier molecular flexibility index (Phi) is 4.24. The van der Waals surface area contributed by atoms with Gasteiger partial charge in [-0.25, -0.2) is 4.98 Å². The van der Waals surface area contributed by atoms with Crippen LogP contribution in [0.15, 0.2) is 6.07 Å². The van der Waals surface area contributed by atoms with E-state index in [1.165, 1.54) is 0 Å². The van der Waals surface area contributed by atoms with Crippen LogP contribution in [0.3, 0.4) is 0 Å². The summed E-state index contributed by atoms with van der Waals surface area (Å²) in [6, 6.07) is 4.16. The van der Waals surface area contributed by atoms with Crippen LogP contribution in [0.5, 0.6) is 0 Å². The second-order valence-corrected chi connectivity index (χ2v) is 6.34. The molecular weight excluding hydrogens is 281 g/mol. The van der Waals surface area contributed by atoms with Crippen LogP contribution in [0.2, 0.25) is 0 Å². The highest BCUT2D eigenvalue weighted by molar-refractivity contribution is 7.11. The maximum absolute atomic E-state index is 9.58. The Hall–Kier alpha value is -2.00. The number of rotatable bonds is 3. The van der Waals surface area contributed by atoms with Crippen molar-refractivity contribution in [2.45, 2.75) is 27.7 Å². The van der Waals surface area contributed by atoms with Gasteiger partial charge in [0.1, 0.15) is 23.1 Å². The zero-order chi connectivity index (χ0) is 15.7. The van der Waals surface area contributed by atoms with Crippen molar-refractivity contribution < 1.29 is 4.65 Å². The lowest BCUT2D eigenvalue weighted by atomic mass is 10.1. The summed E-state index contributed by atoms with van der Waals surface area (Å²) in [7, 11) is 7.36. The predicted molar refractivity (Wildman–Crippen MR) is 85.7 cm³/mol. The first kappa shape index (κ1) is 15.4. The Labute approximate surface area is 130 Å². The van der Waals surface area contributed by atoms with Crippen molar-refractivity contribution in [3.05, 3.63) is 38.6 Å². The Morgan fingerprint density at radius 1 is 1.38 bits per heavy atom. The first-order valence-electron chi connectivity index (χ1n) is 6.49. The van der Waals surface area contributed by atoms with Crippen LogP contribution < -0.4 is 0 Å². The third-order valence-corrected chi connectivity index (χ3v) is 4.51. The van der Waals surface area contributed by atoms with Gasteiger partial charge >= 0.3 is 8.05 Å². The van der Waals surface area contributed by atoms with Crippen molar-refractivity contribution in [2.75, 3.05) is 0 Å². The summed E-state index contributed by atoms with van der Waals surface area (Å²) in [4.78, 5) is 5.41. The van der Waals surface area contributed by atoms with E-state index in [0.717, 1.165) is 26.8 Å². The molecule has 0 fully saturated rings. The molecule has 6 heteroatoms. The monoisotopic (exact) mass is 297 g/mol. The smallest absolute Gasteiger partial charge is 0.374 e. The Morgan fingerprint density at radius 2 is 2.05 bits per heavy atom. The van der Waals surface area contributed by atoms with Gasteiger partial charge in [0.2, 0.25) is 0 Å². The molecule has 2 radical (unpaired) electrons. The number of aromatic nitrogens is 2. The molecule has 0 aliphatic rings. The minimum Gasteiger partial charge on any atom is -0.565 e. The van der Waals surface area contributed by atoms with E-state index in [2.05, 4.69) is 11.1 Å². The zero-order valence-corrected chi connectivity index (χ0v) is 13.6. The fourth-order valence-electron chi connectivity index (χ4n) is 2.29. The van der Waals surface area contributed by atoms with Crippen LogP contribution in [0.1, 0.15) is 32.5 Å². The van der Waals surface area contributed by atoms with Crippen LogP contribution in [-0.2, 0) is 11.7 Å². The van der Waals surface area contributed by atoms with E-state index in [4.69, 9.17) is 12.7 Å². The van der Waals surface area contributed by atoms with Gasteiger partial charge in [0.05, 0.1) is 10.7 Å². The first-order chi connectivity index (χ1) is 9.90. The van der Waals surface area contributed by atoms with E-state index in [1.54, 1.807) is 11.3 Å². The maximum Gasteiger partial charge on any atom is 0.374 e. The molecule has 2 heterocycles. The number of hydrogen-bond donors (Lipinski definition) is 0. The lowest BCUT2D eigenvalue weighted by Gasteiger charge is -2.10. The Bertz CT molecular complexity index is 765. The number of nitriles is 1. The number of thiazole rings is 1. The molecule has 0 amide bonds. The number of hydrogen-bond acceptors (Lipinski definition) is 4. The fraction of sp³-hybridized carbons (Fsp3) is 0.333. The van der Waals surface area contributed by atoms with Crippen LogP contribution in [0.4, 0.5) is 0 Å². The molecule has 0 aromatic carbocycles. The van der Waals surface area contributed by atoms with Gasteiger partial charge in [-0.1, -0.05) is 0 Å². The average Bonchev–Trinajstić information content (AvgIpc) is 2.90. The molecule has 2 aromatic rings. The largest absolute Gasteiger partial charge is 0.565 e. The molecule has 0 saturated carbocycles. The van der Waals surface area contributed by atoms with Crippen molar-refractivity contribution in [3.8, 4) is 6.07 Å². The number of aryl methyl sites for hydroxylation is 3. The minimum atomic E-state index is 0.319. The molecule has 0 aliphatic heterocycles. The third kappa shape index (κ3) is 2.61. The number of allylic oxidation sites excluding steroid dienone is 1. The summed E-state index contributed by atoms with van der Waals surface area (Å²) in [6.45, 7) is 7.87. The van der Waals surface area contributed by atoms with Crippen LogP contribution in [-0.4, -0.2) is 17.6 Å². The summed E-state index contributed by atoms with van der Waals surface area (Å²) >= 11 is 1.55. The second-order valence-electron chi connectivity index (χ2n) is 4.93. The molecule has 0 unspecified atom stereocenters. The van der Waals surface area contributed by atoms with Crippen LogP contribution in [0.25, 0.3) is 11.3 Å². The normalized spacial score (nSPS) is 12.0. The van der Waals surface area contributed by atoms with Crippen molar-refractivity contribution in [1.82, 2.24) is 9.55 Å². The quantitative estimate of drug-likeness (QED) is 0.496. The van der Waals surface area contributed by atoms with Gasteiger partial charge in [0, 0.05) is 17.6 Å². The highest BCUT2D eigenvalue weighted by atomic mass is 32.1. The fourth-order valence-corrected chi connectivity index (χ4v) is 3.10. The molecule has 21 heavy (non-hydrogen) atoms. The van der Waals surface area contributed by atoms with E-state index in [1.807, 2.05) is 45.4 Å². The van der Waals surface area contributed by atoms with Crippen molar-refractivity contribution in [1.29, 1.82) is 5.26 Å². The molecule has 0 spiro atoms. The summed E-state index contributed by atoms with van der Waals surface area (Å²) in [5, 5.41) is 10.5. The topological polar surface area (TPSA) is 50.8 Å². The van der Waals surface area contributed by atoms with Crippen LogP contribution >= 0.6 is 11.3 Å². The van der Waals surface area contributed by atoms with E-state index < -0.39 is 0 Å². The summed E-state index contributed by atoms with van der Waals surface area (Å²) in [6.07, 6.45) is 0. The van der Waals surface area contributed by atoms with Gasteiger partial charge in [-0.15, -0.1) is 11.3 Å². The molecule has 0 N–H and O–H groups in total. The lowest BCUT2D eigenvalue weighted by Crippen LogP contribution is -2.02. The molecule has 4 nitrogen and oxygen atoms in total. The molecule has 2 rings (SSSR count). The molecule has 106 valence electrons. The van der Waals surface area contributed by atoms with Crippen molar-refractivity contribution in [3.63, 3.8) is 0 Å². The Morgan fingerprint density at radius 3 is 2.43 bits per heavy atom. The highest BCUT2D eigenvalue weighted by Crippen LogP contribution is 2.31. The van der Waals surface area contributed by atoms with Crippen LogP contribution in [0, 0.1) is 39.0 Å². The van der Waals surface area contributed by atoms with E-state index >= 15 is 0 Å². The molecular formula is C15H16BN3OS. The molecule has 0 atom stereocenters. The molecule has 0 aliphatic carbocycles. The third-order valence-electron chi connectivity index (χ3n) is 3.62. The average molecular weight is 297 g/mol. The molecule has 2 aromatic heterocycles. The van der Waals surface area contributed by atoms with Gasteiger partial charge in [-0.2, -0.15) is 5.26 Å². The summed E-state index contributed by atoms with van der Waals surface area (Å²) in [5.41, 5.74) is 4.01. The summed E-state index contributed by atoms with van der Waals surface area (Å²) < 4.78 is 6.99. The van der Waals surface area contributed by atoms with E-state index in [0.29, 0.717) is 17.0 Å². The van der Waals surface area contributed by atoms with Crippen molar-refractivity contribution in [2.24, 2.45) is 7.05 Å².